The van der Waals surface area contributed by atoms with Crippen LogP contribution >= 0.6 is 15.9 Å². The molecule has 0 bridgehead atoms. The summed E-state index contributed by atoms with van der Waals surface area (Å²) < 4.78 is 6.71. The van der Waals surface area contributed by atoms with Crippen LogP contribution in [0.4, 0.5) is 5.69 Å². The molecule has 0 aliphatic rings. The summed E-state index contributed by atoms with van der Waals surface area (Å²) in [5.74, 6) is 0.661. The second-order valence-corrected chi connectivity index (χ2v) is 7.27. The van der Waals surface area contributed by atoms with E-state index in [0.29, 0.717) is 5.76 Å². The minimum atomic E-state index is -0.273. The zero-order valence-electron chi connectivity index (χ0n) is 14.9. The fourth-order valence-electron chi connectivity index (χ4n) is 2.86. The van der Waals surface area contributed by atoms with E-state index in [1.807, 2.05) is 60.7 Å². The molecular weight excluding hydrogens is 416 g/mol. The Hall–Kier alpha value is -3.18. The minimum Gasteiger partial charge on any atom is -0.451 e. The first-order valence-electron chi connectivity index (χ1n) is 8.82. The number of halogens is 1. The number of rotatable bonds is 5. The Bertz CT molecular complexity index is 1070. The van der Waals surface area contributed by atoms with Gasteiger partial charge in [0.25, 0.3) is 5.91 Å². The van der Waals surface area contributed by atoms with Crippen LogP contribution in [0, 0.1) is 0 Å². The van der Waals surface area contributed by atoms with Crippen molar-refractivity contribution in [3.8, 4) is 11.3 Å². The molecule has 4 nitrogen and oxygen atoms in total. The van der Waals surface area contributed by atoms with Gasteiger partial charge in [-0.05, 0) is 66.1 Å². The summed E-state index contributed by atoms with van der Waals surface area (Å²) in [7, 11) is 0. The first-order valence-corrected chi connectivity index (χ1v) is 9.62. The summed E-state index contributed by atoms with van der Waals surface area (Å²) in [5.41, 5.74) is 4.01. The van der Waals surface area contributed by atoms with Gasteiger partial charge in [0.2, 0.25) is 0 Å². The third kappa shape index (κ3) is 4.38. The molecule has 4 rings (SSSR count). The van der Waals surface area contributed by atoms with Crippen molar-refractivity contribution in [1.82, 2.24) is 4.98 Å². The molecule has 2 heterocycles. The summed E-state index contributed by atoms with van der Waals surface area (Å²) in [6.07, 6.45) is 4.40. The predicted molar refractivity (Wildman–Crippen MR) is 113 cm³/mol. The van der Waals surface area contributed by atoms with Crippen LogP contribution in [0.2, 0.25) is 0 Å². The molecule has 28 heavy (non-hydrogen) atoms. The molecule has 0 radical (unpaired) electrons. The molecule has 0 saturated heterocycles. The summed E-state index contributed by atoms with van der Waals surface area (Å²) in [6, 6.07) is 23.0. The smallest absolute Gasteiger partial charge is 0.291 e. The number of nitrogens with zero attached hydrogens (tertiary/aromatic N) is 1. The Labute approximate surface area is 171 Å². The zero-order chi connectivity index (χ0) is 19.3. The Morgan fingerprint density at radius 1 is 0.857 bits per heavy atom. The molecule has 0 fully saturated rings. The van der Waals surface area contributed by atoms with Crippen molar-refractivity contribution in [1.29, 1.82) is 0 Å². The summed E-state index contributed by atoms with van der Waals surface area (Å²) >= 11 is 3.41. The molecule has 1 N–H and O–H groups in total. The highest BCUT2D eigenvalue weighted by atomic mass is 79.9. The van der Waals surface area contributed by atoms with Crippen LogP contribution in [0.15, 0.2) is 94.1 Å². The lowest BCUT2D eigenvalue weighted by Crippen LogP contribution is -2.10. The number of nitrogens with one attached hydrogen (secondary N) is 1. The van der Waals surface area contributed by atoms with Crippen molar-refractivity contribution in [2.45, 2.75) is 6.42 Å². The molecule has 138 valence electrons. The lowest BCUT2D eigenvalue weighted by atomic mass is 10.1. The molecule has 2 aromatic heterocycles. The molecule has 2 aromatic carbocycles. The number of anilines is 1. The van der Waals surface area contributed by atoms with Crippen LogP contribution < -0.4 is 5.32 Å². The fourth-order valence-corrected chi connectivity index (χ4v) is 3.13. The number of carbonyl (C=O) groups excluding carboxylic acids is 1. The van der Waals surface area contributed by atoms with Crippen LogP contribution in [0.5, 0.6) is 0 Å². The van der Waals surface area contributed by atoms with E-state index in [4.69, 9.17) is 4.42 Å². The molecule has 0 saturated carbocycles. The molecule has 0 unspecified atom stereocenters. The monoisotopic (exact) mass is 432 g/mol. The number of carbonyl (C=O) groups is 1. The maximum atomic E-state index is 12.5. The van der Waals surface area contributed by atoms with Crippen molar-refractivity contribution in [3.63, 3.8) is 0 Å². The van der Waals surface area contributed by atoms with Gasteiger partial charge >= 0.3 is 0 Å². The van der Waals surface area contributed by atoms with Gasteiger partial charge in [0.1, 0.15) is 5.76 Å². The number of benzene rings is 2. The second kappa shape index (κ2) is 8.23. The van der Waals surface area contributed by atoms with E-state index in [1.54, 1.807) is 24.5 Å². The van der Waals surface area contributed by atoms with Crippen molar-refractivity contribution in [2.75, 3.05) is 5.32 Å². The Balaban J connectivity index is 1.41. The minimum absolute atomic E-state index is 0.273. The molecule has 5 heteroatoms. The second-order valence-electron chi connectivity index (χ2n) is 6.35. The average Bonchev–Trinajstić information content (AvgIpc) is 3.21. The highest BCUT2D eigenvalue weighted by Gasteiger charge is 2.12. The van der Waals surface area contributed by atoms with Crippen LogP contribution in [0.25, 0.3) is 11.3 Å². The maximum absolute atomic E-state index is 12.5. The molecule has 0 spiro atoms. The molecule has 0 atom stereocenters. The molecule has 0 aliphatic heterocycles. The molecule has 1 amide bonds. The van der Waals surface area contributed by atoms with E-state index >= 15 is 0 Å². The van der Waals surface area contributed by atoms with E-state index < -0.39 is 0 Å². The number of furan rings is 1. The van der Waals surface area contributed by atoms with E-state index in [0.717, 1.165) is 22.1 Å². The number of hydrogen-bond donors (Lipinski definition) is 1. The van der Waals surface area contributed by atoms with Gasteiger partial charge in [-0.3, -0.25) is 9.78 Å². The zero-order valence-corrected chi connectivity index (χ0v) is 16.5. The SMILES string of the molecule is O=C(Nc1ccc(Cc2ccncc2)cc1)c1ccc(-c2ccc(Br)cc2)o1. The van der Waals surface area contributed by atoms with E-state index in [9.17, 15) is 4.79 Å². The van der Waals surface area contributed by atoms with Gasteiger partial charge in [-0.15, -0.1) is 0 Å². The standard InChI is InChI=1S/C23H17BrN2O2/c24-19-5-3-18(4-6-19)21-9-10-22(28-21)23(27)26-20-7-1-16(2-8-20)15-17-11-13-25-14-12-17/h1-14H,15H2,(H,26,27). The average molecular weight is 433 g/mol. The summed E-state index contributed by atoms with van der Waals surface area (Å²) in [6.45, 7) is 0. The van der Waals surface area contributed by atoms with Crippen molar-refractivity contribution in [3.05, 3.63) is 107 Å². The van der Waals surface area contributed by atoms with Crippen LogP contribution in [-0.4, -0.2) is 10.9 Å². The van der Waals surface area contributed by atoms with Crippen molar-refractivity contribution < 1.29 is 9.21 Å². The van der Waals surface area contributed by atoms with Gasteiger partial charge in [0, 0.05) is 28.1 Å². The maximum Gasteiger partial charge on any atom is 0.291 e. The van der Waals surface area contributed by atoms with Gasteiger partial charge in [0.15, 0.2) is 5.76 Å². The lowest BCUT2D eigenvalue weighted by Gasteiger charge is -2.06. The van der Waals surface area contributed by atoms with Gasteiger partial charge in [0.05, 0.1) is 0 Å². The van der Waals surface area contributed by atoms with E-state index in [-0.39, 0.29) is 11.7 Å². The lowest BCUT2D eigenvalue weighted by molar-refractivity contribution is 0.0997. The largest absolute Gasteiger partial charge is 0.451 e. The number of pyridine rings is 1. The topological polar surface area (TPSA) is 55.1 Å². The normalized spacial score (nSPS) is 10.6. The summed E-state index contributed by atoms with van der Waals surface area (Å²) in [4.78, 5) is 16.5. The number of aromatic nitrogens is 1. The summed E-state index contributed by atoms with van der Waals surface area (Å²) in [5, 5.41) is 2.87. The van der Waals surface area contributed by atoms with Crippen LogP contribution in [-0.2, 0) is 6.42 Å². The first-order chi connectivity index (χ1) is 13.7. The molecule has 0 aliphatic carbocycles. The van der Waals surface area contributed by atoms with Gasteiger partial charge in [-0.2, -0.15) is 0 Å². The van der Waals surface area contributed by atoms with Crippen LogP contribution in [0.3, 0.4) is 0 Å². The quantitative estimate of drug-likeness (QED) is 0.423. The third-order valence-corrected chi connectivity index (χ3v) is 4.86. The van der Waals surface area contributed by atoms with E-state index in [2.05, 4.69) is 26.2 Å². The van der Waals surface area contributed by atoms with Crippen molar-refractivity contribution >= 4 is 27.5 Å². The van der Waals surface area contributed by atoms with Crippen LogP contribution in [0.1, 0.15) is 21.7 Å². The predicted octanol–water partition coefficient (Wildman–Crippen LogP) is 5.95. The number of hydrogen-bond acceptors (Lipinski definition) is 3. The highest BCUT2D eigenvalue weighted by Crippen LogP contribution is 2.24. The number of amides is 1. The first kappa shape index (κ1) is 18.2. The molecule has 4 aromatic rings. The Morgan fingerprint density at radius 2 is 1.54 bits per heavy atom. The Morgan fingerprint density at radius 3 is 2.25 bits per heavy atom. The van der Waals surface area contributed by atoms with Crippen molar-refractivity contribution in [2.24, 2.45) is 0 Å². The van der Waals surface area contributed by atoms with Gasteiger partial charge in [-0.1, -0.05) is 40.2 Å². The van der Waals surface area contributed by atoms with Gasteiger partial charge < -0.3 is 9.73 Å². The van der Waals surface area contributed by atoms with E-state index in [1.165, 1.54) is 11.1 Å². The fraction of sp³-hybridized carbons (Fsp3) is 0.0435. The molecular formula is C23H17BrN2O2. The highest BCUT2D eigenvalue weighted by molar-refractivity contribution is 9.10. The van der Waals surface area contributed by atoms with Gasteiger partial charge in [-0.25, -0.2) is 0 Å². The Kier molecular flexibility index (Phi) is 5.35. The third-order valence-electron chi connectivity index (χ3n) is 4.33.